The molecule has 1 N–H and O–H groups in total. The minimum atomic E-state index is -0.270. The second-order valence-corrected chi connectivity index (χ2v) is 4.78. The predicted molar refractivity (Wildman–Crippen MR) is 62.5 cm³/mol. The molecule has 0 saturated heterocycles. The topological polar surface area (TPSA) is 38.3 Å². The Morgan fingerprint density at radius 3 is 2.36 bits per heavy atom. The summed E-state index contributed by atoms with van der Waals surface area (Å²) in [5.41, 5.74) is 0. The smallest absolute Gasteiger partial charge is 0.158 e. The third-order valence-corrected chi connectivity index (χ3v) is 1.95. The minimum absolute atomic E-state index is 0.0305. The van der Waals surface area contributed by atoms with Gasteiger partial charge in [0.1, 0.15) is 6.10 Å². The molecule has 0 aliphatic rings. The van der Waals surface area contributed by atoms with Crippen molar-refractivity contribution < 1.29 is 9.53 Å². The lowest BCUT2D eigenvalue weighted by Gasteiger charge is -2.18. The van der Waals surface area contributed by atoms with Crippen LogP contribution in [0.1, 0.15) is 34.1 Å². The van der Waals surface area contributed by atoms with Gasteiger partial charge in [0.15, 0.2) is 5.78 Å². The van der Waals surface area contributed by atoms with Crippen molar-refractivity contribution in [1.82, 2.24) is 5.32 Å². The molecule has 0 radical (unpaired) electrons. The van der Waals surface area contributed by atoms with Crippen LogP contribution >= 0.6 is 9.24 Å². The molecule has 0 aliphatic heterocycles. The van der Waals surface area contributed by atoms with Gasteiger partial charge in [-0.15, -0.1) is 9.24 Å². The van der Waals surface area contributed by atoms with Crippen molar-refractivity contribution in [2.45, 2.75) is 52.1 Å². The van der Waals surface area contributed by atoms with Crippen LogP contribution in [0.5, 0.6) is 0 Å². The van der Waals surface area contributed by atoms with Gasteiger partial charge >= 0.3 is 0 Å². The standard InChI is InChI=1S/C10H22NO2P/c1-7(2)11-6-5-10(8(3)12)13-9(4)14/h7,9-11H,5-6,14H2,1-4H3. The Morgan fingerprint density at radius 1 is 1.43 bits per heavy atom. The van der Waals surface area contributed by atoms with E-state index in [1.807, 2.05) is 6.92 Å². The highest BCUT2D eigenvalue weighted by atomic mass is 31.0. The molecule has 0 bridgehead atoms. The summed E-state index contributed by atoms with van der Waals surface area (Å²) in [6.07, 6.45) is 0.473. The molecule has 0 aromatic rings. The Bertz CT molecular complexity index is 172. The van der Waals surface area contributed by atoms with E-state index >= 15 is 0 Å². The second kappa shape index (κ2) is 7.33. The highest BCUT2D eigenvalue weighted by molar-refractivity contribution is 7.17. The molecule has 84 valence electrons. The maximum Gasteiger partial charge on any atom is 0.158 e. The fourth-order valence-corrected chi connectivity index (χ4v) is 1.32. The van der Waals surface area contributed by atoms with E-state index in [9.17, 15) is 4.79 Å². The molecule has 3 nitrogen and oxygen atoms in total. The summed E-state index contributed by atoms with van der Waals surface area (Å²) in [5, 5.41) is 3.27. The summed E-state index contributed by atoms with van der Waals surface area (Å²) in [6, 6.07) is 0.455. The van der Waals surface area contributed by atoms with E-state index in [0.29, 0.717) is 6.04 Å². The Balaban J connectivity index is 3.80. The van der Waals surface area contributed by atoms with Gasteiger partial charge in [-0.2, -0.15) is 0 Å². The zero-order chi connectivity index (χ0) is 11.1. The van der Waals surface area contributed by atoms with Crippen LogP contribution in [0.4, 0.5) is 0 Å². The summed E-state index contributed by atoms with van der Waals surface area (Å²) in [6.45, 7) is 8.48. The summed E-state index contributed by atoms with van der Waals surface area (Å²) < 4.78 is 5.47. The van der Waals surface area contributed by atoms with Crippen LogP contribution < -0.4 is 5.32 Å². The van der Waals surface area contributed by atoms with Crippen LogP contribution in [0.25, 0.3) is 0 Å². The monoisotopic (exact) mass is 219 g/mol. The van der Waals surface area contributed by atoms with Gasteiger partial charge in [0.25, 0.3) is 0 Å². The zero-order valence-corrected chi connectivity index (χ0v) is 10.7. The first-order chi connectivity index (χ1) is 6.43. The van der Waals surface area contributed by atoms with Crippen molar-refractivity contribution >= 4 is 15.0 Å². The third-order valence-electron chi connectivity index (χ3n) is 1.79. The van der Waals surface area contributed by atoms with E-state index in [1.165, 1.54) is 0 Å². The molecule has 14 heavy (non-hydrogen) atoms. The lowest BCUT2D eigenvalue weighted by Crippen LogP contribution is -2.31. The summed E-state index contributed by atoms with van der Waals surface area (Å²) >= 11 is 0. The number of ether oxygens (including phenoxy) is 1. The Kier molecular flexibility index (Phi) is 7.34. The molecular formula is C10H22NO2P. The van der Waals surface area contributed by atoms with Crippen LogP contribution in [0.15, 0.2) is 0 Å². The lowest BCUT2D eigenvalue weighted by molar-refractivity contribution is -0.129. The Labute approximate surface area is 89.2 Å². The number of nitrogens with one attached hydrogen (secondary N) is 1. The first kappa shape index (κ1) is 14.0. The van der Waals surface area contributed by atoms with Gasteiger partial charge in [-0.1, -0.05) is 13.8 Å². The van der Waals surface area contributed by atoms with E-state index < -0.39 is 0 Å². The van der Waals surface area contributed by atoms with Crippen molar-refractivity contribution in [3.8, 4) is 0 Å². The van der Waals surface area contributed by atoms with Crippen molar-refractivity contribution in [3.63, 3.8) is 0 Å². The molecule has 0 heterocycles. The summed E-state index contributed by atoms with van der Waals surface area (Å²) in [7, 11) is 2.54. The molecule has 0 aromatic carbocycles. The molecule has 0 rings (SSSR count). The van der Waals surface area contributed by atoms with Gasteiger partial charge in [0, 0.05) is 6.04 Å². The Hall–Kier alpha value is 0.0200. The summed E-state index contributed by atoms with van der Waals surface area (Å²) in [5.74, 6) is 0.132. The van der Waals surface area contributed by atoms with Crippen LogP contribution in [0, 0.1) is 0 Å². The van der Waals surface area contributed by atoms with Crippen molar-refractivity contribution in [3.05, 3.63) is 0 Å². The highest BCUT2D eigenvalue weighted by Crippen LogP contribution is 2.08. The van der Waals surface area contributed by atoms with Crippen LogP contribution in [0.2, 0.25) is 0 Å². The van der Waals surface area contributed by atoms with Gasteiger partial charge in [-0.3, -0.25) is 4.79 Å². The average Bonchev–Trinajstić information content (AvgIpc) is 2.00. The number of Topliss-reactive ketones (excluding diaryl/α,β-unsaturated/α-hetero) is 1. The number of hydrogen-bond donors (Lipinski definition) is 1. The maximum atomic E-state index is 11.2. The molecule has 0 amide bonds. The van der Waals surface area contributed by atoms with Crippen LogP contribution in [-0.4, -0.2) is 30.3 Å². The fourth-order valence-electron chi connectivity index (χ4n) is 1.13. The fraction of sp³-hybridized carbons (Fsp3) is 0.900. The summed E-state index contributed by atoms with van der Waals surface area (Å²) in [4.78, 5) is 11.2. The molecule has 0 saturated carbocycles. The number of carbonyl (C=O) groups is 1. The zero-order valence-electron chi connectivity index (χ0n) is 9.54. The first-order valence-corrected chi connectivity index (χ1v) is 5.75. The molecule has 0 aliphatic carbocycles. The van der Waals surface area contributed by atoms with Gasteiger partial charge in [0.05, 0.1) is 5.85 Å². The van der Waals surface area contributed by atoms with Crippen molar-refractivity contribution in [2.75, 3.05) is 6.54 Å². The molecule has 0 spiro atoms. The SMILES string of the molecule is CC(=O)C(CCNC(C)C)OC(C)P. The Morgan fingerprint density at radius 2 is 2.00 bits per heavy atom. The number of hydrogen-bond acceptors (Lipinski definition) is 3. The third kappa shape index (κ3) is 7.43. The van der Waals surface area contributed by atoms with Gasteiger partial charge in [-0.25, -0.2) is 0 Å². The number of ketones is 1. The minimum Gasteiger partial charge on any atom is -0.364 e. The predicted octanol–water partition coefficient (Wildman–Crippen LogP) is 1.57. The molecule has 0 aromatic heterocycles. The van der Waals surface area contributed by atoms with Crippen LogP contribution in [0.3, 0.4) is 0 Å². The molecule has 0 fully saturated rings. The number of carbonyl (C=O) groups excluding carboxylic acids is 1. The van der Waals surface area contributed by atoms with Gasteiger partial charge < -0.3 is 10.1 Å². The van der Waals surface area contributed by atoms with Crippen LogP contribution in [-0.2, 0) is 9.53 Å². The number of rotatable bonds is 7. The largest absolute Gasteiger partial charge is 0.364 e. The van der Waals surface area contributed by atoms with E-state index in [0.717, 1.165) is 13.0 Å². The normalized spacial score (nSPS) is 15.6. The molecular weight excluding hydrogens is 197 g/mol. The molecule has 3 unspecified atom stereocenters. The maximum absolute atomic E-state index is 11.2. The average molecular weight is 219 g/mol. The quantitative estimate of drug-likeness (QED) is 0.660. The van der Waals surface area contributed by atoms with E-state index in [2.05, 4.69) is 28.4 Å². The lowest BCUT2D eigenvalue weighted by atomic mass is 10.2. The van der Waals surface area contributed by atoms with Gasteiger partial charge in [0.2, 0.25) is 0 Å². The van der Waals surface area contributed by atoms with E-state index in [4.69, 9.17) is 4.74 Å². The molecule has 4 heteroatoms. The van der Waals surface area contributed by atoms with E-state index in [-0.39, 0.29) is 17.7 Å². The highest BCUT2D eigenvalue weighted by Gasteiger charge is 2.15. The second-order valence-electron chi connectivity index (χ2n) is 3.84. The molecule has 3 atom stereocenters. The first-order valence-electron chi connectivity index (χ1n) is 5.08. The van der Waals surface area contributed by atoms with Crippen molar-refractivity contribution in [1.29, 1.82) is 0 Å². The van der Waals surface area contributed by atoms with Gasteiger partial charge in [-0.05, 0) is 26.8 Å². The van der Waals surface area contributed by atoms with E-state index in [1.54, 1.807) is 6.92 Å². The van der Waals surface area contributed by atoms with Crippen molar-refractivity contribution in [2.24, 2.45) is 0 Å².